The van der Waals surface area contributed by atoms with Gasteiger partial charge in [-0.1, -0.05) is 11.6 Å². The number of ether oxygens (including phenoxy) is 2. The summed E-state index contributed by atoms with van der Waals surface area (Å²) in [6.07, 6.45) is 4.35. The van der Waals surface area contributed by atoms with Gasteiger partial charge in [0.05, 0.1) is 7.11 Å². The maximum Gasteiger partial charge on any atom is 0.342 e. The van der Waals surface area contributed by atoms with Crippen LogP contribution in [-0.2, 0) is 15.1 Å². The number of methoxy groups -OCH3 is 1. The summed E-state index contributed by atoms with van der Waals surface area (Å²) >= 11 is 5.98. The number of carbonyl (C=O) groups is 1. The predicted octanol–water partition coefficient (Wildman–Crippen LogP) is 2.33. The topological polar surface area (TPSA) is 61.3 Å². The molecule has 0 aromatic carbocycles. The van der Waals surface area contributed by atoms with E-state index in [1.807, 2.05) is 6.92 Å². The molecule has 18 heavy (non-hydrogen) atoms. The Morgan fingerprint density at radius 3 is 2.89 bits per heavy atom. The number of hydrogen-bond donors (Lipinski definition) is 0. The van der Waals surface area contributed by atoms with Gasteiger partial charge in [0.2, 0.25) is 0 Å². The van der Waals surface area contributed by atoms with Crippen molar-refractivity contribution in [1.29, 1.82) is 0 Å². The summed E-state index contributed by atoms with van der Waals surface area (Å²) in [5.74, 6) is -0.0267. The molecular weight excluding hydrogens is 256 g/mol. The SMILES string of the molecule is COC(=O)c1cnc(C2(C)CCCCO2)nc1Cl. The molecule has 1 aromatic rings. The van der Waals surface area contributed by atoms with Crippen LogP contribution in [0.5, 0.6) is 0 Å². The van der Waals surface area contributed by atoms with Crippen molar-refractivity contribution in [3.63, 3.8) is 0 Å². The van der Waals surface area contributed by atoms with Crippen molar-refractivity contribution in [3.8, 4) is 0 Å². The third-order valence-electron chi connectivity index (χ3n) is 3.09. The van der Waals surface area contributed by atoms with E-state index in [9.17, 15) is 4.79 Å². The van der Waals surface area contributed by atoms with Gasteiger partial charge in [0, 0.05) is 12.8 Å². The summed E-state index contributed by atoms with van der Waals surface area (Å²) < 4.78 is 10.3. The van der Waals surface area contributed by atoms with Crippen molar-refractivity contribution in [3.05, 3.63) is 22.7 Å². The number of nitrogens with zero attached hydrogens (tertiary/aromatic N) is 2. The Balaban J connectivity index is 2.30. The highest BCUT2D eigenvalue weighted by Gasteiger charge is 2.33. The van der Waals surface area contributed by atoms with Gasteiger partial charge in [-0.05, 0) is 26.2 Å². The standard InChI is InChI=1S/C12H15ClN2O3/c1-12(5-3-4-6-18-12)11-14-7-8(9(13)15-11)10(16)17-2/h7H,3-6H2,1-2H3. The van der Waals surface area contributed by atoms with Crippen LogP contribution >= 0.6 is 11.6 Å². The minimum absolute atomic E-state index is 0.0993. The first kappa shape index (κ1) is 13.2. The quantitative estimate of drug-likeness (QED) is 0.610. The molecule has 2 rings (SSSR count). The van der Waals surface area contributed by atoms with Crippen LogP contribution in [0.15, 0.2) is 6.20 Å². The second-order valence-corrected chi connectivity index (χ2v) is 4.78. The van der Waals surface area contributed by atoms with E-state index in [0.29, 0.717) is 12.4 Å². The number of esters is 1. The summed E-state index contributed by atoms with van der Waals surface area (Å²) in [5.41, 5.74) is -0.349. The Labute approximate surface area is 110 Å². The van der Waals surface area contributed by atoms with Crippen LogP contribution in [0.2, 0.25) is 5.15 Å². The van der Waals surface area contributed by atoms with Crippen molar-refractivity contribution in [2.24, 2.45) is 0 Å². The van der Waals surface area contributed by atoms with Gasteiger partial charge >= 0.3 is 5.97 Å². The zero-order valence-electron chi connectivity index (χ0n) is 10.4. The molecule has 1 aliphatic heterocycles. The molecule has 0 saturated carbocycles. The first-order chi connectivity index (χ1) is 8.57. The summed E-state index contributed by atoms with van der Waals surface area (Å²) in [7, 11) is 1.29. The van der Waals surface area contributed by atoms with E-state index in [1.54, 1.807) is 0 Å². The minimum Gasteiger partial charge on any atom is -0.465 e. The lowest BCUT2D eigenvalue weighted by atomic mass is 9.95. The fraction of sp³-hybridized carbons (Fsp3) is 0.583. The molecule has 1 atom stereocenters. The highest BCUT2D eigenvalue weighted by Crippen LogP contribution is 2.33. The monoisotopic (exact) mass is 270 g/mol. The fourth-order valence-electron chi connectivity index (χ4n) is 1.97. The van der Waals surface area contributed by atoms with Crippen molar-refractivity contribution in [1.82, 2.24) is 9.97 Å². The molecule has 1 fully saturated rings. The van der Waals surface area contributed by atoms with Gasteiger partial charge in [-0.2, -0.15) is 0 Å². The minimum atomic E-state index is -0.540. The second kappa shape index (κ2) is 5.20. The summed E-state index contributed by atoms with van der Waals surface area (Å²) in [4.78, 5) is 19.7. The Morgan fingerprint density at radius 1 is 1.56 bits per heavy atom. The summed E-state index contributed by atoms with van der Waals surface area (Å²) in [5, 5.41) is 0.0993. The molecule has 2 heterocycles. The van der Waals surface area contributed by atoms with E-state index in [-0.39, 0.29) is 10.7 Å². The van der Waals surface area contributed by atoms with Gasteiger partial charge in [0.25, 0.3) is 0 Å². The normalized spacial score (nSPS) is 23.7. The predicted molar refractivity (Wildman–Crippen MR) is 65.5 cm³/mol. The third kappa shape index (κ3) is 2.47. The van der Waals surface area contributed by atoms with E-state index in [4.69, 9.17) is 16.3 Å². The van der Waals surface area contributed by atoms with E-state index in [1.165, 1.54) is 13.3 Å². The zero-order chi connectivity index (χ0) is 13.2. The van der Waals surface area contributed by atoms with Crippen LogP contribution < -0.4 is 0 Å². The zero-order valence-corrected chi connectivity index (χ0v) is 11.2. The summed E-state index contributed by atoms with van der Waals surface area (Å²) in [6, 6.07) is 0. The van der Waals surface area contributed by atoms with Crippen LogP contribution in [0.1, 0.15) is 42.4 Å². The van der Waals surface area contributed by atoms with Gasteiger partial charge in [-0.15, -0.1) is 0 Å². The van der Waals surface area contributed by atoms with Crippen molar-refractivity contribution in [2.45, 2.75) is 31.8 Å². The number of aromatic nitrogens is 2. The third-order valence-corrected chi connectivity index (χ3v) is 3.38. The van der Waals surface area contributed by atoms with Gasteiger partial charge in [0.15, 0.2) is 5.82 Å². The average molecular weight is 271 g/mol. The summed E-state index contributed by atoms with van der Waals surface area (Å²) in [6.45, 7) is 2.63. The smallest absolute Gasteiger partial charge is 0.342 e. The molecule has 1 saturated heterocycles. The first-order valence-corrected chi connectivity index (χ1v) is 6.20. The first-order valence-electron chi connectivity index (χ1n) is 5.82. The molecular formula is C12H15ClN2O3. The largest absolute Gasteiger partial charge is 0.465 e. The van der Waals surface area contributed by atoms with Crippen LogP contribution in [0.4, 0.5) is 0 Å². The Morgan fingerprint density at radius 2 is 2.33 bits per heavy atom. The Kier molecular flexibility index (Phi) is 3.82. The van der Waals surface area contributed by atoms with Crippen molar-refractivity contribution in [2.75, 3.05) is 13.7 Å². The van der Waals surface area contributed by atoms with E-state index in [0.717, 1.165) is 19.3 Å². The molecule has 1 aromatic heterocycles. The Hall–Kier alpha value is -1.20. The lowest BCUT2D eigenvalue weighted by molar-refractivity contribution is -0.0760. The molecule has 0 bridgehead atoms. The highest BCUT2D eigenvalue weighted by molar-refractivity contribution is 6.32. The number of hydrogen-bond acceptors (Lipinski definition) is 5. The van der Waals surface area contributed by atoms with E-state index in [2.05, 4.69) is 14.7 Å². The molecule has 1 aliphatic rings. The number of carbonyl (C=O) groups excluding carboxylic acids is 1. The lowest BCUT2D eigenvalue weighted by Gasteiger charge is -2.32. The highest BCUT2D eigenvalue weighted by atomic mass is 35.5. The lowest BCUT2D eigenvalue weighted by Crippen LogP contribution is -2.32. The maximum absolute atomic E-state index is 11.4. The molecule has 98 valence electrons. The fourth-order valence-corrected chi connectivity index (χ4v) is 2.18. The number of rotatable bonds is 2. The maximum atomic E-state index is 11.4. The van der Waals surface area contributed by atoms with E-state index >= 15 is 0 Å². The average Bonchev–Trinajstić information content (AvgIpc) is 2.38. The molecule has 0 aliphatic carbocycles. The molecule has 0 radical (unpaired) electrons. The van der Waals surface area contributed by atoms with Crippen LogP contribution in [0.3, 0.4) is 0 Å². The van der Waals surface area contributed by atoms with Crippen LogP contribution in [0.25, 0.3) is 0 Å². The van der Waals surface area contributed by atoms with E-state index < -0.39 is 11.6 Å². The van der Waals surface area contributed by atoms with Crippen LogP contribution in [0, 0.1) is 0 Å². The van der Waals surface area contributed by atoms with Gasteiger partial charge in [-0.25, -0.2) is 14.8 Å². The molecule has 0 amide bonds. The molecule has 5 nitrogen and oxygen atoms in total. The van der Waals surface area contributed by atoms with Gasteiger partial charge in [0.1, 0.15) is 16.3 Å². The van der Waals surface area contributed by atoms with Gasteiger partial charge in [-0.3, -0.25) is 0 Å². The van der Waals surface area contributed by atoms with Crippen molar-refractivity contribution >= 4 is 17.6 Å². The molecule has 0 spiro atoms. The Bertz CT molecular complexity index is 459. The molecule has 1 unspecified atom stereocenters. The second-order valence-electron chi connectivity index (χ2n) is 4.43. The van der Waals surface area contributed by atoms with Crippen LogP contribution in [-0.4, -0.2) is 29.7 Å². The molecule has 0 N–H and O–H groups in total. The number of halogens is 1. The van der Waals surface area contributed by atoms with Gasteiger partial charge < -0.3 is 9.47 Å². The van der Waals surface area contributed by atoms with Crippen molar-refractivity contribution < 1.29 is 14.3 Å². The molecule has 6 heteroatoms.